The number of thiophene rings is 1. The molecule has 0 bridgehead atoms. The number of terminal acetylenes is 1. The summed E-state index contributed by atoms with van der Waals surface area (Å²) in [7, 11) is -3.66. The Morgan fingerprint density at radius 2 is 1.92 bits per heavy atom. The summed E-state index contributed by atoms with van der Waals surface area (Å²) in [6.07, 6.45) is 5.06. The summed E-state index contributed by atoms with van der Waals surface area (Å²) in [5.41, 5.74) is 0.401. The van der Waals surface area contributed by atoms with Crippen molar-refractivity contribution in [2.24, 2.45) is 5.92 Å². The average molecular weight is 377 g/mol. The molecule has 0 aliphatic heterocycles. The second-order valence-electron chi connectivity index (χ2n) is 5.76. The van der Waals surface area contributed by atoms with Gasteiger partial charge in [0.1, 0.15) is 0 Å². The van der Waals surface area contributed by atoms with Crippen LogP contribution in [0.1, 0.15) is 35.1 Å². The molecule has 2 N–H and O–H groups in total. The van der Waals surface area contributed by atoms with Gasteiger partial charge >= 0.3 is 0 Å². The highest BCUT2D eigenvalue weighted by Crippen LogP contribution is 2.26. The maximum atomic E-state index is 12.5. The van der Waals surface area contributed by atoms with Crippen LogP contribution in [0.3, 0.4) is 0 Å². The SMILES string of the molecule is C#CCNS(=O)(=O)c1ccc(C(=O)NC(c2cccs2)C(C)C)cc1. The van der Waals surface area contributed by atoms with Crippen molar-refractivity contribution < 1.29 is 13.2 Å². The predicted octanol–water partition coefficient (Wildman–Crippen LogP) is 2.79. The Hall–Kier alpha value is -2.14. The van der Waals surface area contributed by atoms with Crippen molar-refractivity contribution in [3.05, 3.63) is 52.2 Å². The van der Waals surface area contributed by atoms with E-state index in [9.17, 15) is 13.2 Å². The molecule has 0 saturated heterocycles. The lowest BCUT2D eigenvalue weighted by Crippen LogP contribution is -2.31. The van der Waals surface area contributed by atoms with Gasteiger partial charge in [-0.15, -0.1) is 17.8 Å². The van der Waals surface area contributed by atoms with Gasteiger partial charge in [0, 0.05) is 10.4 Å². The summed E-state index contributed by atoms with van der Waals surface area (Å²) in [4.78, 5) is 13.6. The molecule has 0 fully saturated rings. The smallest absolute Gasteiger partial charge is 0.251 e. The molecule has 2 rings (SSSR count). The van der Waals surface area contributed by atoms with Crippen LogP contribution < -0.4 is 10.0 Å². The first-order valence-corrected chi connectivity index (χ1v) is 10.1. The van der Waals surface area contributed by atoms with E-state index in [0.717, 1.165) is 4.88 Å². The molecule has 1 unspecified atom stereocenters. The van der Waals surface area contributed by atoms with Gasteiger partial charge in [-0.05, 0) is 41.6 Å². The van der Waals surface area contributed by atoms with E-state index >= 15 is 0 Å². The molecule has 0 spiro atoms. The molecule has 1 atom stereocenters. The number of rotatable bonds is 7. The zero-order valence-electron chi connectivity index (χ0n) is 14.0. The highest BCUT2D eigenvalue weighted by molar-refractivity contribution is 7.89. The number of hydrogen-bond donors (Lipinski definition) is 2. The van der Waals surface area contributed by atoms with E-state index < -0.39 is 10.0 Å². The van der Waals surface area contributed by atoms with E-state index in [0.29, 0.717) is 5.56 Å². The molecule has 25 heavy (non-hydrogen) atoms. The van der Waals surface area contributed by atoms with Crippen molar-refractivity contribution in [3.63, 3.8) is 0 Å². The first-order valence-electron chi connectivity index (χ1n) is 7.72. The predicted molar refractivity (Wildman–Crippen MR) is 99.8 cm³/mol. The van der Waals surface area contributed by atoms with Gasteiger partial charge in [-0.25, -0.2) is 8.42 Å². The molecule has 0 aliphatic rings. The van der Waals surface area contributed by atoms with Gasteiger partial charge in [-0.2, -0.15) is 4.72 Å². The van der Waals surface area contributed by atoms with Crippen LogP contribution in [0.4, 0.5) is 0 Å². The molecule has 132 valence electrons. The van der Waals surface area contributed by atoms with Crippen LogP contribution in [-0.2, 0) is 10.0 Å². The standard InChI is InChI=1S/C18H20N2O3S2/c1-4-11-19-25(22,23)15-9-7-14(8-10-15)18(21)20-17(13(2)3)16-6-5-12-24-16/h1,5-10,12-13,17,19H,11H2,2-3H3,(H,20,21). The summed E-state index contributed by atoms with van der Waals surface area (Å²) in [5, 5.41) is 4.98. The Labute approximate surface area is 152 Å². The number of nitrogens with one attached hydrogen (secondary N) is 2. The molecule has 1 aromatic carbocycles. The minimum absolute atomic E-state index is 0.0676. The molecule has 0 aliphatic carbocycles. The van der Waals surface area contributed by atoms with Gasteiger partial charge in [-0.1, -0.05) is 25.8 Å². The molecule has 1 aromatic heterocycles. The summed E-state index contributed by atoms with van der Waals surface area (Å²) in [6, 6.07) is 9.62. The molecule has 5 nitrogen and oxygen atoms in total. The fraction of sp³-hybridized carbons (Fsp3) is 0.278. The second-order valence-corrected chi connectivity index (χ2v) is 8.51. The van der Waals surface area contributed by atoms with Crippen molar-refractivity contribution in [2.75, 3.05) is 6.54 Å². The Balaban J connectivity index is 2.14. The fourth-order valence-corrected chi connectivity index (χ4v) is 4.15. The van der Waals surface area contributed by atoms with Crippen LogP contribution >= 0.6 is 11.3 Å². The third-order valence-corrected chi connectivity index (χ3v) is 5.97. The van der Waals surface area contributed by atoms with E-state index in [4.69, 9.17) is 6.42 Å². The van der Waals surface area contributed by atoms with Crippen LogP contribution in [0.25, 0.3) is 0 Å². The van der Waals surface area contributed by atoms with Crippen molar-refractivity contribution in [1.82, 2.24) is 10.0 Å². The van der Waals surface area contributed by atoms with Crippen molar-refractivity contribution >= 4 is 27.3 Å². The Bertz CT molecular complexity index is 849. The van der Waals surface area contributed by atoms with Crippen molar-refractivity contribution in [2.45, 2.75) is 24.8 Å². The molecular formula is C18H20N2O3S2. The normalized spacial score (nSPS) is 12.6. The largest absolute Gasteiger partial charge is 0.344 e. The zero-order chi connectivity index (χ0) is 18.4. The summed E-state index contributed by atoms with van der Waals surface area (Å²) in [5.74, 6) is 2.20. The highest BCUT2D eigenvalue weighted by atomic mass is 32.2. The summed E-state index contributed by atoms with van der Waals surface area (Å²) in [6.45, 7) is 4.00. The van der Waals surface area contributed by atoms with Crippen LogP contribution in [0.2, 0.25) is 0 Å². The summed E-state index contributed by atoms with van der Waals surface area (Å²) >= 11 is 1.59. The second kappa shape index (κ2) is 8.30. The number of carbonyl (C=O) groups excluding carboxylic acids is 1. The number of amides is 1. The monoisotopic (exact) mass is 376 g/mol. The number of benzene rings is 1. The Morgan fingerprint density at radius 1 is 1.24 bits per heavy atom. The molecule has 0 saturated carbocycles. The average Bonchev–Trinajstić information content (AvgIpc) is 3.11. The van der Waals surface area contributed by atoms with E-state index in [2.05, 4.69) is 16.0 Å². The Morgan fingerprint density at radius 3 is 2.44 bits per heavy atom. The fourth-order valence-electron chi connectivity index (χ4n) is 2.26. The maximum Gasteiger partial charge on any atom is 0.251 e. The van der Waals surface area contributed by atoms with E-state index in [-0.39, 0.29) is 29.3 Å². The molecule has 2 aromatic rings. The van der Waals surface area contributed by atoms with Crippen LogP contribution in [0.5, 0.6) is 0 Å². The van der Waals surface area contributed by atoms with E-state index in [1.165, 1.54) is 24.3 Å². The molecule has 0 radical (unpaired) electrons. The van der Waals surface area contributed by atoms with Gasteiger partial charge in [0.05, 0.1) is 17.5 Å². The van der Waals surface area contributed by atoms with E-state index in [1.54, 1.807) is 11.3 Å². The van der Waals surface area contributed by atoms with Gasteiger partial charge in [-0.3, -0.25) is 4.79 Å². The van der Waals surface area contributed by atoms with Gasteiger partial charge < -0.3 is 5.32 Å². The van der Waals surface area contributed by atoms with Gasteiger partial charge in [0.25, 0.3) is 5.91 Å². The third-order valence-electron chi connectivity index (χ3n) is 3.59. The molecule has 1 amide bonds. The third kappa shape index (κ3) is 4.92. The van der Waals surface area contributed by atoms with E-state index in [1.807, 2.05) is 31.4 Å². The Kier molecular flexibility index (Phi) is 6.37. The highest BCUT2D eigenvalue weighted by Gasteiger charge is 2.20. The number of sulfonamides is 1. The minimum atomic E-state index is -3.66. The minimum Gasteiger partial charge on any atom is -0.344 e. The maximum absolute atomic E-state index is 12.5. The van der Waals surface area contributed by atoms with Gasteiger partial charge in [0.15, 0.2) is 0 Å². The van der Waals surface area contributed by atoms with Crippen LogP contribution in [0.15, 0.2) is 46.7 Å². The quantitative estimate of drug-likeness (QED) is 0.730. The lowest BCUT2D eigenvalue weighted by Gasteiger charge is -2.21. The number of hydrogen-bond acceptors (Lipinski definition) is 4. The summed E-state index contributed by atoms with van der Waals surface area (Å²) < 4.78 is 26.3. The first kappa shape index (κ1) is 19.2. The zero-order valence-corrected chi connectivity index (χ0v) is 15.7. The van der Waals surface area contributed by atoms with Gasteiger partial charge in [0.2, 0.25) is 10.0 Å². The van der Waals surface area contributed by atoms with Crippen molar-refractivity contribution in [1.29, 1.82) is 0 Å². The molecule has 1 heterocycles. The topological polar surface area (TPSA) is 75.3 Å². The first-order chi connectivity index (χ1) is 11.8. The van der Waals surface area contributed by atoms with Crippen LogP contribution in [-0.4, -0.2) is 20.9 Å². The lowest BCUT2D eigenvalue weighted by atomic mass is 10.0. The van der Waals surface area contributed by atoms with Crippen molar-refractivity contribution in [3.8, 4) is 12.3 Å². The number of carbonyl (C=O) groups is 1. The molecule has 7 heteroatoms. The van der Waals surface area contributed by atoms with Crippen LogP contribution in [0, 0.1) is 18.3 Å². The molecular weight excluding hydrogens is 356 g/mol. The lowest BCUT2D eigenvalue weighted by molar-refractivity contribution is 0.0926.